The molecule has 0 aliphatic carbocycles. The molecule has 2 aromatic carbocycles. The van der Waals surface area contributed by atoms with Crippen LogP contribution in [-0.2, 0) is 9.59 Å². The summed E-state index contributed by atoms with van der Waals surface area (Å²) in [6.45, 7) is 1.03. The molecule has 1 saturated heterocycles. The Morgan fingerprint density at radius 3 is 2.28 bits per heavy atom. The molecular formula is C22H24ClN3O3. The zero-order valence-electron chi connectivity index (χ0n) is 16.3. The molecule has 2 aromatic rings. The van der Waals surface area contributed by atoms with E-state index >= 15 is 0 Å². The minimum absolute atomic E-state index is 0.00233. The van der Waals surface area contributed by atoms with Crippen LogP contribution in [-0.4, -0.2) is 54.2 Å². The predicted molar refractivity (Wildman–Crippen MR) is 113 cm³/mol. The van der Waals surface area contributed by atoms with Gasteiger partial charge in [-0.15, -0.1) is 0 Å². The van der Waals surface area contributed by atoms with Crippen molar-refractivity contribution in [3.63, 3.8) is 0 Å². The average Bonchev–Trinajstić information content (AvgIpc) is 2.74. The second kappa shape index (κ2) is 9.56. The Balaban J connectivity index is 1.48. The van der Waals surface area contributed by atoms with Crippen molar-refractivity contribution in [3.05, 3.63) is 65.2 Å². The van der Waals surface area contributed by atoms with Crippen LogP contribution in [0.5, 0.6) is 0 Å². The fraction of sp³-hybridized carbons (Fsp3) is 0.318. The topological polar surface area (TPSA) is 69.7 Å². The number of anilines is 1. The van der Waals surface area contributed by atoms with E-state index in [0.717, 1.165) is 0 Å². The van der Waals surface area contributed by atoms with E-state index in [1.54, 1.807) is 48.3 Å². The smallest absolute Gasteiger partial charge is 0.253 e. The lowest BCUT2D eigenvalue weighted by Crippen LogP contribution is -2.45. The zero-order chi connectivity index (χ0) is 20.8. The summed E-state index contributed by atoms with van der Waals surface area (Å²) >= 11 is 5.87. The quantitative estimate of drug-likeness (QED) is 0.817. The second-order valence-electron chi connectivity index (χ2n) is 7.18. The van der Waals surface area contributed by atoms with Gasteiger partial charge in [-0.25, -0.2) is 0 Å². The maximum atomic E-state index is 12.7. The van der Waals surface area contributed by atoms with Crippen LogP contribution >= 0.6 is 11.6 Å². The van der Waals surface area contributed by atoms with Crippen molar-refractivity contribution in [2.45, 2.75) is 12.8 Å². The second-order valence-corrected chi connectivity index (χ2v) is 7.62. The maximum Gasteiger partial charge on any atom is 0.253 e. The Morgan fingerprint density at radius 2 is 1.66 bits per heavy atom. The molecule has 0 saturated carbocycles. The van der Waals surface area contributed by atoms with Gasteiger partial charge in [0.25, 0.3) is 5.91 Å². The first kappa shape index (κ1) is 20.9. The highest BCUT2D eigenvalue weighted by Crippen LogP contribution is 2.21. The number of rotatable bonds is 5. The summed E-state index contributed by atoms with van der Waals surface area (Å²) in [7, 11) is 1.64. The third kappa shape index (κ3) is 5.57. The van der Waals surface area contributed by atoms with Gasteiger partial charge in [0, 0.05) is 42.3 Å². The lowest BCUT2D eigenvalue weighted by Gasteiger charge is -2.33. The molecule has 1 N–H and O–H groups in total. The summed E-state index contributed by atoms with van der Waals surface area (Å²) in [6, 6.07) is 16.0. The van der Waals surface area contributed by atoms with E-state index in [1.807, 2.05) is 18.2 Å². The van der Waals surface area contributed by atoms with E-state index in [9.17, 15) is 14.4 Å². The van der Waals surface area contributed by atoms with Crippen LogP contribution in [0.25, 0.3) is 0 Å². The van der Waals surface area contributed by atoms with Crippen LogP contribution in [0.2, 0.25) is 5.02 Å². The molecule has 3 rings (SSSR count). The summed E-state index contributed by atoms with van der Waals surface area (Å²) < 4.78 is 0. The summed E-state index contributed by atoms with van der Waals surface area (Å²) in [6.07, 6.45) is 1.17. The van der Waals surface area contributed by atoms with Gasteiger partial charge in [0.15, 0.2) is 0 Å². The average molecular weight is 414 g/mol. The van der Waals surface area contributed by atoms with E-state index < -0.39 is 0 Å². The van der Waals surface area contributed by atoms with Crippen molar-refractivity contribution in [2.24, 2.45) is 5.92 Å². The van der Waals surface area contributed by atoms with Gasteiger partial charge in [-0.3, -0.25) is 14.4 Å². The zero-order valence-corrected chi connectivity index (χ0v) is 17.1. The van der Waals surface area contributed by atoms with Crippen LogP contribution in [0.1, 0.15) is 23.2 Å². The molecule has 0 aromatic heterocycles. The van der Waals surface area contributed by atoms with E-state index in [1.165, 1.54) is 4.90 Å². The molecule has 6 nitrogen and oxygen atoms in total. The number of carbonyl (C=O) groups excluding carboxylic acids is 3. The highest BCUT2D eigenvalue weighted by molar-refractivity contribution is 6.30. The summed E-state index contributed by atoms with van der Waals surface area (Å²) in [5.41, 5.74) is 1.29. The standard InChI is InChI=1S/C22H24ClN3O3/c1-25(15-20(27)24-19-5-3-2-4-6-19)21(28)17-11-13-26(14-12-17)22(29)16-7-9-18(23)10-8-16/h2-10,17H,11-15H2,1H3,(H,24,27). The highest BCUT2D eigenvalue weighted by Gasteiger charge is 2.30. The van der Waals surface area contributed by atoms with Crippen molar-refractivity contribution < 1.29 is 14.4 Å². The predicted octanol–water partition coefficient (Wildman–Crippen LogP) is 3.29. The van der Waals surface area contributed by atoms with Crippen molar-refractivity contribution in [2.75, 3.05) is 32.0 Å². The van der Waals surface area contributed by atoms with Crippen molar-refractivity contribution in [3.8, 4) is 0 Å². The molecule has 0 radical (unpaired) electrons. The van der Waals surface area contributed by atoms with Gasteiger partial charge in [0.2, 0.25) is 11.8 Å². The number of piperidine rings is 1. The van der Waals surface area contributed by atoms with Gasteiger partial charge in [-0.1, -0.05) is 29.8 Å². The molecule has 1 fully saturated rings. The molecule has 1 aliphatic heterocycles. The summed E-state index contributed by atoms with van der Waals surface area (Å²) in [5.74, 6) is -0.531. The third-order valence-electron chi connectivity index (χ3n) is 5.04. The van der Waals surface area contributed by atoms with E-state index in [-0.39, 0.29) is 30.2 Å². The lowest BCUT2D eigenvalue weighted by molar-refractivity contribution is -0.138. The maximum absolute atomic E-state index is 12.7. The van der Waals surface area contributed by atoms with Crippen molar-refractivity contribution in [1.82, 2.24) is 9.80 Å². The van der Waals surface area contributed by atoms with Gasteiger partial charge in [-0.2, -0.15) is 0 Å². The SMILES string of the molecule is CN(CC(=O)Nc1ccccc1)C(=O)C1CCN(C(=O)c2ccc(Cl)cc2)CC1. The first-order valence-electron chi connectivity index (χ1n) is 9.59. The molecule has 0 bridgehead atoms. The lowest BCUT2D eigenvalue weighted by atomic mass is 9.95. The van der Waals surface area contributed by atoms with Crippen LogP contribution in [0.4, 0.5) is 5.69 Å². The number of para-hydroxylation sites is 1. The molecule has 0 atom stereocenters. The van der Waals surface area contributed by atoms with E-state index in [0.29, 0.717) is 42.2 Å². The number of carbonyl (C=O) groups is 3. The van der Waals surface area contributed by atoms with Gasteiger partial charge in [-0.05, 0) is 49.2 Å². The molecule has 0 unspecified atom stereocenters. The fourth-order valence-electron chi connectivity index (χ4n) is 3.43. The first-order chi connectivity index (χ1) is 13.9. The Kier molecular flexibility index (Phi) is 6.88. The first-order valence-corrected chi connectivity index (χ1v) is 9.96. The van der Waals surface area contributed by atoms with Gasteiger partial charge < -0.3 is 15.1 Å². The number of hydrogen-bond donors (Lipinski definition) is 1. The molecular weight excluding hydrogens is 390 g/mol. The van der Waals surface area contributed by atoms with E-state index in [4.69, 9.17) is 11.6 Å². The molecule has 1 aliphatic rings. The monoisotopic (exact) mass is 413 g/mol. The Labute approximate surface area is 175 Å². The number of hydrogen-bond acceptors (Lipinski definition) is 3. The number of benzene rings is 2. The minimum atomic E-state index is -0.234. The Morgan fingerprint density at radius 1 is 1.03 bits per heavy atom. The molecule has 1 heterocycles. The van der Waals surface area contributed by atoms with Gasteiger partial charge in [0.1, 0.15) is 0 Å². The van der Waals surface area contributed by atoms with E-state index in [2.05, 4.69) is 5.32 Å². The van der Waals surface area contributed by atoms with Gasteiger partial charge >= 0.3 is 0 Å². The number of halogens is 1. The largest absolute Gasteiger partial charge is 0.339 e. The number of likely N-dealkylation sites (tertiary alicyclic amines) is 1. The van der Waals surface area contributed by atoms with Crippen LogP contribution in [0.15, 0.2) is 54.6 Å². The molecule has 7 heteroatoms. The number of nitrogens with one attached hydrogen (secondary N) is 1. The van der Waals surface area contributed by atoms with Crippen LogP contribution in [0, 0.1) is 5.92 Å². The molecule has 0 spiro atoms. The molecule has 3 amide bonds. The number of nitrogens with zero attached hydrogens (tertiary/aromatic N) is 2. The third-order valence-corrected chi connectivity index (χ3v) is 5.29. The Hall–Kier alpha value is -2.86. The molecule has 152 valence electrons. The van der Waals surface area contributed by atoms with Crippen molar-refractivity contribution in [1.29, 1.82) is 0 Å². The van der Waals surface area contributed by atoms with Crippen LogP contribution < -0.4 is 5.32 Å². The molecule has 29 heavy (non-hydrogen) atoms. The van der Waals surface area contributed by atoms with Crippen molar-refractivity contribution >= 4 is 35.0 Å². The normalized spacial score (nSPS) is 14.3. The summed E-state index contributed by atoms with van der Waals surface area (Å²) in [5, 5.41) is 3.37. The number of likely N-dealkylation sites (N-methyl/N-ethyl adjacent to an activating group) is 1. The minimum Gasteiger partial charge on any atom is -0.339 e. The van der Waals surface area contributed by atoms with Gasteiger partial charge in [0.05, 0.1) is 6.54 Å². The number of amides is 3. The summed E-state index contributed by atoms with van der Waals surface area (Å²) in [4.78, 5) is 40.7. The fourth-order valence-corrected chi connectivity index (χ4v) is 3.56. The van der Waals surface area contributed by atoms with Crippen LogP contribution in [0.3, 0.4) is 0 Å². The Bertz CT molecular complexity index is 863. The highest BCUT2D eigenvalue weighted by atomic mass is 35.5.